The van der Waals surface area contributed by atoms with Gasteiger partial charge in [0.2, 0.25) is 11.9 Å². The zero-order chi connectivity index (χ0) is 18.6. The van der Waals surface area contributed by atoms with Gasteiger partial charge in [-0.1, -0.05) is 36.4 Å². The van der Waals surface area contributed by atoms with Gasteiger partial charge in [-0.15, -0.1) is 0 Å². The molecule has 2 aromatic carbocycles. The summed E-state index contributed by atoms with van der Waals surface area (Å²) in [5.41, 5.74) is 4.43. The Bertz CT molecular complexity index is 892. The van der Waals surface area contributed by atoms with Crippen molar-refractivity contribution in [1.29, 1.82) is 0 Å². The van der Waals surface area contributed by atoms with Crippen LogP contribution in [0, 0.1) is 12.8 Å². The number of anilines is 1. The Kier molecular flexibility index (Phi) is 5.10. The molecule has 140 valence electrons. The van der Waals surface area contributed by atoms with Crippen LogP contribution < -0.4 is 10.6 Å². The molecule has 0 spiro atoms. The molecule has 0 bridgehead atoms. The minimum atomic E-state index is 0.114. The highest BCUT2D eigenvalue weighted by molar-refractivity contribution is 5.79. The first-order valence-electron chi connectivity index (χ1n) is 9.72. The van der Waals surface area contributed by atoms with Crippen molar-refractivity contribution in [3.05, 3.63) is 59.7 Å². The lowest BCUT2D eigenvalue weighted by Crippen LogP contribution is -2.35. The Balaban J connectivity index is 1.27. The molecule has 0 aliphatic heterocycles. The number of imidazole rings is 1. The fraction of sp³-hybridized carbons (Fsp3) is 0.364. The molecule has 1 fully saturated rings. The first kappa shape index (κ1) is 17.6. The highest BCUT2D eigenvalue weighted by Crippen LogP contribution is 2.27. The van der Waals surface area contributed by atoms with E-state index in [0.29, 0.717) is 12.6 Å². The molecule has 0 saturated heterocycles. The van der Waals surface area contributed by atoms with Crippen LogP contribution in [0.2, 0.25) is 0 Å². The first-order chi connectivity index (χ1) is 13.2. The molecule has 5 heteroatoms. The quantitative estimate of drug-likeness (QED) is 0.638. The summed E-state index contributed by atoms with van der Waals surface area (Å²) in [5, 5.41) is 6.61. The molecule has 0 unspecified atom stereocenters. The highest BCUT2D eigenvalue weighted by atomic mass is 16.1. The molecule has 1 aromatic heterocycles. The zero-order valence-electron chi connectivity index (χ0n) is 15.7. The molecule has 3 N–H and O–H groups in total. The Morgan fingerprint density at radius 2 is 1.81 bits per heavy atom. The van der Waals surface area contributed by atoms with Gasteiger partial charge in [-0.2, -0.15) is 0 Å². The lowest BCUT2D eigenvalue weighted by Gasteiger charge is -2.28. The van der Waals surface area contributed by atoms with Crippen LogP contribution in [0.15, 0.2) is 48.5 Å². The van der Waals surface area contributed by atoms with Crippen molar-refractivity contribution in [1.82, 2.24) is 15.3 Å². The van der Waals surface area contributed by atoms with E-state index < -0.39 is 0 Å². The smallest absolute Gasteiger partial charge is 0.223 e. The van der Waals surface area contributed by atoms with Gasteiger partial charge in [0, 0.05) is 18.5 Å². The van der Waals surface area contributed by atoms with Gasteiger partial charge in [0.15, 0.2) is 0 Å². The standard InChI is InChI=1S/C22H26N4O/c1-15-6-2-3-7-17(15)14-23-21(27)16-10-12-18(13-11-16)24-22-25-19-8-4-5-9-20(19)26-22/h2-9,16,18H,10-14H2,1H3,(H,23,27)(H2,24,25,26)/t16-,18-. The summed E-state index contributed by atoms with van der Waals surface area (Å²) in [6, 6.07) is 16.6. The van der Waals surface area contributed by atoms with Crippen molar-refractivity contribution in [3.63, 3.8) is 0 Å². The van der Waals surface area contributed by atoms with Gasteiger partial charge in [-0.3, -0.25) is 4.79 Å². The molecular weight excluding hydrogens is 336 g/mol. The summed E-state index contributed by atoms with van der Waals surface area (Å²) in [7, 11) is 0. The predicted molar refractivity (Wildman–Crippen MR) is 108 cm³/mol. The van der Waals surface area contributed by atoms with Gasteiger partial charge in [0.1, 0.15) is 0 Å². The van der Waals surface area contributed by atoms with E-state index in [4.69, 9.17) is 0 Å². The Morgan fingerprint density at radius 1 is 1.07 bits per heavy atom. The number of aromatic amines is 1. The van der Waals surface area contributed by atoms with Crippen LogP contribution in [0.1, 0.15) is 36.8 Å². The normalized spacial score (nSPS) is 19.7. The van der Waals surface area contributed by atoms with Crippen LogP contribution in [0.3, 0.4) is 0 Å². The van der Waals surface area contributed by atoms with Gasteiger partial charge in [0.25, 0.3) is 0 Å². The van der Waals surface area contributed by atoms with Crippen molar-refractivity contribution < 1.29 is 4.79 Å². The third kappa shape index (κ3) is 4.13. The third-order valence-electron chi connectivity index (χ3n) is 5.54. The van der Waals surface area contributed by atoms with Crippen molar-refractivity contribution in [2.24, 2.45) is 5.92 Å². The van der Waals surface area contributed by atoms with Gasteiger partial charge >= 0.3 is 0 Å². The van der Waals surface area contributed by atoms with E-state index in [0.717, 1.165) is 42.7 Å². The number of rotatable bonds is 5. The molecule has 1 aliphatic carbocycles. The first-order valence-corrected chi connectivity index (χ1v) is 9.72. The number of nitrogens with one attached hydrogen (secondary N) is 3. The second-order valence-corrected chi connectivity index (χ2v) is 7.44. The molecule has 0 atom stereocenters. The number of aromatic nitrogens is 2. The molecule has 4 rings (SSSR count). The average molecular weight is 362 g/mol. The van der Waals surface area contributed by atoms with Crippen LogP contribution in [0.4, 0.5) is 5.95 Å². The highest BCUT2D eigenvalue weighted by Gasteiger charge is 2.26. The van der Waals surface area contributed by atoms with E-state index in [1.54, 1.807) is 0 Å². The number of carbonyl (C=O) groups excluding carboxylic acids is 1. The second kappa shape index (κ2) is 7.82. The number of para-hydroxylation sites is 2. The van der Waals surface area contributed by atoms with Gasteiger partial charge in [-0.25, -0.2) is 4.98 Å². The Labute approximate surface area is 159 Å². The number of H-pyrrole nitrogens is 1. The van der Waals surface area contributed by atoms with E-state index in [9.17, 15) is 4.79 Å². The summed E-state index contributed by atoms with van der Waals surface area (Å²) in [6.45, 7) is 2.69. The average Bonchev–Trinajstić information content (AvgIpc) is 3.10. The van der Waals surface area contributed by atoms with Gasteiger partial charge < -0.3 is 15.6 Å². The van der Waals surface area contributed by atoms with Crippen molar-refractivity contribution in [2.45, 2.75) is 45.2 Å². The predicted octanol–water partition coefficient (Wildman–Crippen LogP) is 4.16. The molecule has 1 amide bonds. The minimum absolute atomic E-state index is 0.114. The summed E-state index contributed by atoms with van der Waals surface area (Å²) >= 11 is 0. The van der Waals surface area contributed by atoms with Crippen LogP contribution >= 0.6 is 0 Å². The molecule has 3 aromatic rings. The maximum atomic E-state index is 12.5. The molecule has 1 heterocycles. The van der Waals surface area contributed by atoms with E-state index >= 15 is 0 Å². The number of aryl methyl sites for hydroxylation is 1. The zero-order valence-corrected chi connectivity index (χ0v) is 15.7. The van der Waals surface area contributed by atoms with Crippen LogP contribution in [0.25, 0.3) is 11.0 Å². The monoisotopic (exact) mass is 362 g/mol. The number of benzene rings is 2. The van der Waals surface area contributed by atoms with E-state index in [-0.39, 0.29) is 11.8 Å². The van der Waals surface area contributed by atoms with Crippen LogP contribution in [0.5, 0.6) is 0 Å². The topological polar surface area (TPSA) is 69.8 Å². The molecule has 5 nitrogen and oxygen atoms in total. The molecular formula is C22H26N4O. The summed E-state index contributed by atoms with van der Waals surface area (Å²) in [5.74, 6) is 1.12. The number of hydrogen-bond acceptors (Lipinski definition) is 3. The van der Waals surface area contributed by atoms with E-state index in [1.165, 1.54) is 11.1 Å². The van der Waals surface area contributed by atoms with Crippen molar-refractivity contribution in [3.8, 4) is 0 Å². The SMILES string of the molecule is Cc1ccccc1CNC(=O)[C@H]1CC[C@H](Nc2nc3ccccc3[nH]2)CC1. The van der Waals surface area contributed by atoms with Gasteiger partial charge in [0.05, 0.1) is 11.0 Å². The molecule has 0 radical (unpaired) electrons. The fourth-order valence-corrected chi connectivity index (χ4v) is 3.85. The number of nitrogens with zero attached hydrogens (tertiary/aromatic N) is 1. The second-order valence-electron chi connectivity index (χ2n) is 7.44. The third-order valence-corrected chi connectivity index (χ3v) is 5.54. The van der Waals surface area contributed by atoms with Crippen molar-refractivity contribution >= 4 is 22.9 Å². The summed E-state index contributed by atoms with van der Waals surface area (Å²) in [4.78, 5) is 20.4. The number of carbonyl (C=O) groups is 1. The molecule has 1 saturated carbocycles. The largest absolute Gasteiger partial charge is 0.353 e. The van der Waals surface area contributed by atoms with E-state index in [2.05, 4.69) is 39.7 Å². The van der Waals surface area contributed by atoms with Crippen LogP contribution in [-0.2, 0) is 11.3 Å². The number of fused-ring (bicyclic) bond motifs is 1. The number of hydrogen-bond donors (Lipinski definition) is 3. The molecule has 27 heavy (non-hydrogen) atoms. The summed E-state index contributed by atoms with van der Waals surface area (Å²) < 4.78 is 0. The van der Waals surface area contributed by atoms with Crippen LogP contribution in [-0.4, -0.2) is 21.9 Å². The van der Waals surface area contributed by atoms with Gasteiger partial charge in [-0.05, 0) is 55.9 Å². The maximum absolute atomic E-state index is 12.5. The fourth-order valence-electron chi connectivity index (χ4n) is 3.85. The van der Waals surface area contributed by atoms with E-state index in [1.807, 2.05) is 36.4 Å². The Hall–Kier alpha value is -2.82. The Morgan fingerprint density at radius 3 is 2.59 bits per heavy atom. The maximum Gasteiger partial charge on any atom is 0.223 e. The summed E-state index contributed by atoms with van der Waals surface area (Å²) in [6.07, 6.45) is 3.80. The number of amides is 1. The molecule has 1 aliphatic rings. The lowest BCUT2D eigenvalue weighted by atomic mass is 9.85. The minimum Gasteiger partial charge on any atom is -0.353 e. The lowest BCUT2D eigenvalue weighted by molar-refractivity contribution is -0.126. The van der Waals surface area contributed by atoms with Crippen molar-refractivity contribution in [2.75, 3.05) is 5.32 Å².